The van der Waals surface area contributed by atoms with E-state index < -0.39 is 0 Å². The first kappa shape index (κ1) is 15.1. The van der Waals surface area contributed by atoms with E-state index in [0.29, 0.717) is 31.2 Å². The van der Waals surface area contributed by atoms with E-state index in [9.17, 15) is 4.79 Å². The maximum atomic E-state index is 12.3. The first-order valence-corrected chi connectivity index (χ1v) is 7.87. The number of furan rings is 1. The molecule has 0 aromatic carbocycles. The van der Waals surface area contributed by atoms with Crippen molar-refractivity contribution in [1.29, 1.82) is 5.26 Å². The van der Waals surface area contributed by atoms with Crippen LogP contribution in [0.2, 0.25) is 0 Å². The summed E-state index contributed by atoms with van der Waals surface area (Å²) < 4.78 is 5.55. The number of fused-ring (bicyclic) bond motifs is 1. The van der Waals surface area contributed by atoms with Crippen LogP contribution in [0.1, 0.15) is 42.4 Å². The molecule has 0 bridgehead atoms. The van der Waals surface area contributed by atoms with Crippen LogP contribution in [0.25, 0.3) is 0 Å². The highest BCUT2D eigenvalue weighted by Crippen LogP contribution is 2.26. The largest absolute Gasteiger partial charge is 0.448 e. The van der Waals surface area contributed by atoms with Gasteiger partial charge in [-0.25, -0.2) is 0 Å². The Bertz CT molecular complexity index is 581. The van der Waals surface area contributed by atoms with Gasteiger partial charge in [0.1, 0.15) is 11.8 Å². The number of carbonyl (C=O) groups excluding carboxylic acids is 1. The molecular weight excluding hydrogens is 280 g/mol. The number of hydrogen-bond donors (Lipinski definition) is 2. The Morgan fingerprint density at radius 3 is 3.05 bits per heavy atom. The number of piperidine rings is 1. The molecule has 3 heterocycles. The van der Waals surface area contributed by atoms with E-state index in [4.69, 9.17) is 9.68 Å². The normalized spacial score (nSPS) is 22.8. The molecule has 1 unspecified atom stereocenters. The number of nitrogens with one attached hydrogen (secondary N) is 2. The third-order valence-corrected chi connectivity index (χ3v) is 4.58. The van der Waals surface area contributed by atoms with E-state index in [0.717, 1.165) is 37.3 Å². The zero-order valence-corrected chi connectivity index (χ0v) is 12.9. The van der Waals surface area contributed by atoms with Gasteiger partial charge in [0.05, 0.1) is 6.04 Å². The summed E-state index contributed by atoms with van der Waals surface area (Å²) in [6.45, 7) is 3.46. The zero-order valence-electron chi connectivity index (χ0n) is 12.9. The van der Waals surface area contributed by atoms with Crippen LogP contribution >= 0.6 is 0 Å². The molecule has 0 spiro atoms. The second-order valence-corrected chi connectivity index (χ2v) is 6.31. The predicted octanol–water partition coefficient (Wildman–Crippen LogP) is 1.14. The summed E-state index contributed by atoms with van der Waals surface area (Å²) in [5, 5.41) is 15.2. The van der Waals surface area contributed by atoms with Gasteiger partial charge in [-0.15, -0.1) is 0 Å². The molecule has 2 aliphatic heterocycles. The highest BCUT2D eigenvalue weighted by atomic mass is 16.3. The number of likely N-dealkylation sites (tertiary alicyclic amines) is 1. The number of rotatable bonds is 3. The lowest BCUT2D eigenvalue weighted by molar-refractivity contribution is -0.123. The molecule has 118 valence electrons. The highest BCUT2D eigenvalue weighted by Gasteiger charge is 2.27. The summed E-state index contributed by atoms with van der Waals surface area (Å²) >= 11 is 0. The van der Waals surface area contributed by atoms with E-state index in [2.05, 4.69) is 22.6 Å². The van der Waals surface area contributed by atoms with Gasteiger partial charge in [0.2, 0.25) is 11.7 Å². The van der Waals surface area contributed by atoms with E-state index in [-0.39, 0.29) is 11.9 Å². The summed E-state index contributed by atoms with van der Waals surface area (Å²) in [4.78, 5) is 14.6. The Labute approximate surface area is 130 Å². The average Bonchev–Trinajstić information content (AvgIpc) is 2.94. The van der Waals surface area contributed by atoms with Crippen LogP contribution in [-0.4, -0.2) is 37.5 Å². The van der Waals surface area contributed by atoms with Gasteiger partial charge in [0.25, 0.3) is 0 Å². The van der Waals surface area contributed by atoms with Gasteiger partial charge in [-0.2, -0.15) is 5.26 Å². The first-order valence-electron chi connectivity index (χ1n) is 7.87. The van der Waals surface area contributed by atoms with Crippen LogP contribution in [0, 0.1) is 17.2 Å². The Morgan fingerprint density at radius 1 is 1.55 bits per heavy atom. The molecule has 22 heavy (non-hydrogen) atoms. The molecule has 0 saturated carbocycles. The number of nitrogens with zero attached hydrogens (tertiary/aromatic N) is 2. The van der Waals surface area contributed by atoms with Gasteiger partial charge in [-0.05, 0) is 45.0 Å². The number of amides is 1. The first-order chi connectivity index (χ1) is 10.7. The molecule has 2 aliphatic rings. The molecule has 0 aliphatic carbocycles. The Hall–Kier alpha value is -1.84. The summed E-state index contributed by atoms with van der Waals surface area (Å²) in [7, 11) is 2.12. The van der Waals surface area contributed by atoms with Crippen molar-refractivity contribution in [3.63, 3.8) is 0 Å². The standard InChI is InChI=1S/C16H22N4O2/c1-20-4-2-11(3-5-20)6-15(21)19-14-10-18-9-12-7-13(8-17)22-16(12)14/h7,11,14,18H,2-6,9-10H2,1H3,(H,19,21). The highest BCUT2D eigenvalue weighted by molar-refractivity contribution is 5.76. The van der Waals surface area contributed by atoms with E-state index >= 15 is 0 Å². The lowest BCUT2D eigenvalue weighted by Gasteiger charge is -2.29. The third kappa shape index (κ3) is 3.32. The van der Waals surface area contributed by atoms with Crippen molar-refractivity contribution < 1.29 is 9.21 Å². The summed E-state index contributed by atoms with van der Waals surface area (Å²) in [5.41, 5.74) is 0.965. The second kappa shape index (κ2) is 6.51. The van der Waals surface area contributed by atoms with Crippen molar-refractivity contribution in [2.75, 3.05) is 26.7 Å². The van der Waals surface area contributed by atoms with Crippen molar-refractivity contribution in [1.82, 2.24) is 15.5 Å². The fourth-order valence-corrected chi connectivity index (χ4v) is 3.27. The Kier molecular flexibility index (Phi) is 4.46. The molecule has 1 atom stereocenters. The SMILES string of the molecule is CN1CCC(CC(=O)NC2CNCc3cc(C#N)oc32)CC1. The molecule has 1 fully saturated rings. The molecule has 1 saturated heterocycles. The fraction of sp³-hybridized carbons (Fsp3) is 0.625. The van der Waals surface area contributed by atoms with Gasteiger partial charge < -0.3 is 20.0 Å². The molecule has 2 N–H and O–H groups in total. The van der Waals surface area contributed by atoms with E-state index in [1.807, 2.05) is 6.07 Å². The van der Waals surface area contributed by atoms with Crippen molar-refractivity contribution in [3.05, 3.63) is 23.2 Å². The summed E-state index contributed by atoms with van der Waals surface area (Å²) in [5.74, 6) is 1.58. The zero-order chi connectivity index (χ0) is 15.5. The van der Waals surface area contributed by atoms with Crippen molar-refractivity contribution >= 4 is 5.91 Å². The lowest BCUT2D eigenvalue weighted by Crippen LogP contribution is -2.40. The molecule has 3 rings (SSSR count). The van der Waals surface area contributed by atoms with Crippen molar-refractivity contribution in [2.24, 2.45) is 5.92 Å². The van der Waals surface area contributed by atoms with Gasteiger partial charge in [0, 0.05) is 25.1 Å². The van der Waals surface area contributed by atoms with Crippen LogP contribution < -0.4 is 10.6 Å². The topological polar surface area (TPSA) is 81.3 Å². The minimum Gasteiger partial charge on any atom is -0.448 e. The van der Waals surface area contributed by atoms with Gasteiger partial charge in [0.15, 0.2) is 0 Å². The lowest BCUT2D eigenvalue weighted by atomic mass is 9.93. The third-order valence-electron chi connectivity index (χ3n) is 4.58. The molecule has 0 radical (unpaired) electrons. The van der Waals surface area contributed by atoms with Crippen molar-refractivity contribution in [3.8, 4) is 6.07 Å². The molecular formula is C16H22N4O2. The van der Waals surface area contributed by atoms with Crippen molar-refractivity contribution in [2.45, 2.75) is 31.8 Å². The summed E-state index contributed by atoms with van der Waals surface area (Å²) in [6.07, 6.45) is 2.74. The van der Waals surface area contributed by atoms with Gasteiger partial charge in [-0.1, -0.05) is 0 Å². The maximum absolute atomic E-state index is 12.3. The fourth-order valence-electron chi connectivity index (χ4n) is 3.27. The quantitative estimate of drug-likeness (QED) is 0.875. The average molecular weight is 302 g/mol. The Morgan fingerprint density at radius 2 is 2.32 bits per heavy atom. The minimum atomic E-state index is -0.176. The van der Waals surface area contributed by atoms with E-state index in [1.165, 1.54) is 0 Å². The van der Waals surface area contributed by atoms with Gasteiger partial charge >= 0.3 is 0 Å². The number of nitriles is 1. The molecule has 1 aromatic heterocycles. The van der Waals surface area contributed by atoms with Gasteiger partial charge in [-0.3, -0.25) is 4.79 Å². The monoisotopic (exact) mass is 302 g/mol. The molecule has 1 aromatic rings. The van der Waals surface area contributed by atoms with E-state index in [1.54, 1.807) is 6.07 Å². The molecule has 6 nitrogen and oxygen atoms in total. The minimum absolute atomic E-state index is 0.0733. The molecule has 1 amide bonds. The van der Waals surface area contributed by atoms with Crippen LogP contribution in [0.4, 0.5) is 0 Å². The second-order valence-electron chi connectivity index (χ2n) is 6.31. The predicted molar refractivity (Wildman–Crippen MR) is 80.9 cm³/mol. The molecule has 6 heteroatoms. The van der Waals surface area contributed by atoms with Crippen LogP contribution in [0.3, 0.4) is 0 Å². The Balaban J connectivity index is 1.58. The van der Waals surface area contributed by atoms with Crippen LogP contribution in [0.15, 0.2) is 10.5 Å². The smallest absolute Gasteiger partial charge is 0.220 e. The maximum Gasteiger partial charge on any atom is 0.220 e. The van der Waals surface area contributed by atoms with Crippen LogP contribution in [-0.2, 0) is 11.3 Å². The summed E-state index contributed by atoms with van der Waals surface area (Å²) in [6, 6.07) is 3.59. The van der Waals surface area contributed by atoms with Crippen LogP contribution in [0.5, 0.6) is 0 Å². The number of carbonyl (C=O) groups is 1. The number of hydrogen-bond acceptors (Lipinski definition) is 5.